The second kappa shape index (κ2) is 4.17. The summed E-state index contributed by atoms with van der Waals surface area (Å²) in [6.45, 7) is 9.99. The van der Waals surface area contributed by atoms with E-state index in [2.05, 4.69) is 24.1 Å². The molecule has 2 aliphatic rings. The molecule has 0 radical (unpaired) electrons. The van der Waals surface area contributed by atoms with Gasteiger partial charge in [-0.3, -0.25) is 4.90 Å². The predicted molar refractivity (Wildman–Crippen MR) is 57.5 cm³/mol. The van der Waals surface area contributed by atoms with Crippen LogP contribution in [0.1, 0.15) is 26.7 Å². The largest absolute Gasteiger partial charge is 0.380 e. The van der Waals surface area contributed by atoms with E-state index in [4.69, 9.17) is 4.74 Å². The van der Waals surface area contributed by atoms with Gasteiger partial charge in [-0.1, -0.05) is 6.92 Å². The maximum atomic E-state index is 5.49. The molecule has 2 rings (SSSR count). The quantitative estimate of drug-likeness (QED) is 0.712. The van der Waals surface area contributed by atoms with Gasteiger partial charge in [0.25, 0.3) is 0 Å². The summed E-state index contributed by atoms with van der Waals surface area (Å²) >= 11 is 0. The highest BCUT2D eigenvalue weighted by atomic mass is 16.5. The Morgan fingerprint density at radius 2 is 2.43 bits per heavy atom. The molecule has 2 aliphatic heterocycles. The number of rotatable bonds is 2. The minimum atomic E-state index is 0.344. The molecule has 0 aliphatic carbocycles. The van der Waals surface area contributed by atoms with Gasteiger partial charge in [-0.2, -0.15) is 0 Å². The summed E-state index contributed by atoms with van der Waals surface area (Å²) < 4.78 is 5.49. The van der Waals surface area contributed by atoms with Crippen molar-refractivity contribution in [3.8, 4) is 0 Å². The third-order valence-electron chi connectivity index (χ3n) is 3.84. The van der Waals surface area contributed by atoms with Gasteiger partial charge in [0.2, 0.25) is 0 Å². The van der Waals surface area contributed by atoms with Crippen LogP contribution in [0.3, 0.4) is 0 Å². The lowest BCUT2D eigenvalue weighted by Crippen LogP contribution is -2.62. The van der Waals surface area contributed by atoms with Crippen LogP contribution in [0, 0.1) is 0 Å². The normalized spacial score (nSPS) is 40.3. The minimum absolute atomic E-state index is 0.344. The number of ether oxygens (including phenoxy) is 1. The summed E-state index contributed by atoms with van der Waals surface area (Å²) in [5.41, 5.74) is 0.344. The number of nitrogens with zero attached hydrogens (tertiary/aromatic N) is 1. The van der Waals surface area contributed by atoms with Crippen LogP contribution >= 0.6 is 0 Å². The zero-order valence-electron chi connectivity index (χ0n) is 9.38. The number of piperazine rings is 1. The first kappa shape index (κ1) is 10.4. The van der Waals surface area contributed by atoms with Crippen LogP contribution in [0.4, 0.5) is 0 Å². The molecule has 2 heterocycles. The Morgan fingerprint density at radius 1 is 1.57 bits per heavy atom. The Hall–Kier alpha value is -0.120. The molecule has 0 saturated carbocycles. The molecule has 1 N–H and O–H groups in total. The summed E-state index contributed by atoms with van der Waals surface area (Å²) in [4.78, 5) is 2.66. The van der Waals surface area contributed by atoms with Gasteiger partial charge in [-0.25, -0.2) is 0 Å². The second-order valence-electron chi connectivity index (χ2n) is 4.74. The van der Waals surface area contributed by atoms with Crippen molar-refractivity contribution < 1.29 is 4.74 Å². The zero-order chi connectivity index (χ0) is 10.0. The molecule has 0 amide bonds. The van der Waals surface area contributed by atoms with E-state index < -0.39 is 0 Å². The minimum Gasteiger partial charge on any atom is -0.380 e. The SMILES string of the molecule is CCC1(C)CNCCN1C1CCOC1. The third-order valence-corrected chi connectivity index (χ3v) is 3.84. The van der Waals surface area contributed by atoms with Crippen LogP contribution in [-0.2, 0) is 4.74 Å². The van der Waals surface area contributed by atoms with E-state index in [1.165, 1.54) is 19.4 Å². The highest BCUT2D eigenvalue weighted by molar-refractivity contribution is 4.95. The summed E-state index contributed by atoms with van der Waals surface area (Å²) in [7, 11) is 0. The first-order valence-corrected chi connectivity index (χ1v) is 5.81. The summed E-state index contributed by atoms with van der Waals surface area (Å²) in [5, 5.41) is 3.50. The van der Waals surface area contributed by atoms with Gasteiger partial charge >= 0.3 is 0 Å². The van der Waals surface area contributed by atoms with Crippen molar-refractivity contribution in [1.29, 1.82) is 0 Å². The van der Waals surface area contributed by atoms with Crippen molar-refractivity contribution in [2.45, 2.75) is 38.3 Å². The van der Waals surface area contributed by atoms with E-state index in [9.17, 15) is 0 Å². The topological polar surface area (TPSA) is 24.5 Å². The fraction of sp³-hybridized carbons (Fsp3) is 1.00. The molecule has 0 aromatic carbocycles. The van der Waals surface area contributed by atoms with E-state index >= 15 is 0 Å². The van der Waals surface area contributed by atoms with E-state index in [0.29, 0.717) is 11.6 Å². The first-order chi connectivity index (χ1) is 6.76. The molecule has 0 bridgehead atoms. The molecule has 2 fully saturated rings. The number of hydrogen-bond acceptors (Lipinski definition) is 3. The fourth-order valence-electron chi connectivity index (χ4n) is 2.65. The predicted octanol–water partition coefficient (Wildman–Crippen LogP) is 0.849. The van der Waals surface area contributed by atoms with Crippen molar-refractivity contribution in [1.82, 2.24) is 10.2 Å². The standard InChI is InChI=1S/C11H22N2O/c1-3-11(2)9-12-5-6-13(11)10-4-7-14-8-10/h10,12H,3-9H2,1-2H3. The lowest BCUT2D eigenvalue weighted by atomic mass is 9.92. The van der Waals surface area contributed by atoms with Crippen molar-refractivity contribution >= 4 is 0 Å². The van der Waals surface area contributed by atoms with E-state index in [1.807, 2.05) is 0 Å². The molecule has 14 heavy (non-hydrogen) atoms. The Kier molecular flexibility index (Phi) is 3.10. The third kappa shape index (κ3) is 1.81. The van der Waals surface area contributed by atoms with Gasteiger partial charge in [0.05, 0.1) is 6.61 Å². The van der Waals surface area contributed by atoms with Gasteiger partial charge in [0, 0.05) is 37.8 Å². The monoisotopic (exact) mass is 198 g/mol. The summed E-state index contributed by atoms with van der Waals surface area (Å²) in [6, 6.07) is 0.669. The van der Waals surface area contributed by atoms with Crippen LogP contribution < -0.4 is 5.32 Å². The average Bonchev–Trinajstić information content (AvgIpc) is 2.71. The molecule has 3 heteroatoms. The maximum Gasteiger partial charge on any atom is 0.0622 e. The summed E-state index contributed by atoms with van der Waals surface area (Å²) in [5.74, 6) is 0. The zero-order valence-corrected chi connectivity index (χ0v) is 9.38. The molecule has 2 saturated heterocycles. The van der Waals surface area contributed by atoms with Crippen molar-refractivity contribution in [3.05, 3.63) is 0 Å². The van der Waals surface area contributed by atoms with Crippen LogP contribution in [0.2, 0.25) is 0 Å². The lowest BCUT2D eigenvalue weighted by molar-refractivity contribution is 0.0236. The Labute approximate surface area is 86.8 Å². The lowest BCUT2D eigenvalue weighted by Gasteiger charge is -2.47. The molecule has 2 atom stereocenters. The first-order valence-electron chi connectivity index (χ1n) is 5.81. The fourth-order valence-corrected chi connectivity index (χ4v) is 2.65. The van der Waals surface area contributed by atoms with E-state index in [-0.39, 0.29) is 0 Å². The molecule has 0 aromatic rings. The van der Waals surface area contributed by atoms with Crippen LogP contribution in [0.25, 0.3) is 0 Å². The van der Waals surface area contributed by atoms with Gasteiger partial charge < -0.3 is 10.1 Å². The molecule has 82 valence electrons. The molecule has 2 unspecified atom stereocenters. The Bertz CT molecular complexity index is 192. The number of hydrogen-bond donors (Lipinski definition) is 1. The van der Waals surface area contributed by atoms with E-state index in [0.717, 1.165) is 26.3 Å². The van der Waals surface area contributed by atoms with Crippen LogP contribution in [0.5, 0.6) is 0 Å². The maximum absolute atomic E-state index is 5.49. The second-order valence-corrected chi connectivity index (χ2v) is 4.74. The highest BCUT2D eigenvalue weighted by Crippen LogP contribution is 2.26. The van der Waals surface area contributed by atoms with Crippen molar-refractivity contribution in [2.24, 2.45) is 0 Å². The van der Waals surface area contributed by atoms with E-state index in [1.54, 1.807) is 0 Å². The van der Waals surface area contributed by atoms with Crippen molar-refractivity contribution in [2.75, 3.05) is 32.8 Å². The number of nitrogens with one attached hydrogen (secondary N) is 1. The van der Waals surface area contributed by atoms with Crippen molar-refractivity contribution in [3.63, 3.8) is 0 Å². The van der Waals surface area contributed by atoms with Gasteiger partial charge in [0.15, 0.2) is 0 Å². The smallest absolute Gasteiger partial charge is 0.0622 e. The molecule has 3 nitrogen and oxygen atoms in total. The highest BCUT2D eigenvalue weighted by Gasteiger charge is 2.38. The average molecular weight is 198 g/mol. The Balaban J connectivity index is 2.05. The molecule has 0 aromatic heterocycles. The van der Waals surface area contributed by atoms with Crippen LogP contribution in [-0.4, -0.2) is 49.3 Å². The van der Waals surface area contributed by atoms with Gasteiger partial charge in [0.1, 0.15) is 0 Å². The molecular weight excluding hydrogens is 176 g/mol. The molecular formula is C11H22N2O. The van der Waals surface area contributed by atoms with Crippen LogP contribution in [0.15, 0.2) is 0 Å². The Morgan fingerprint density at radius 3 is 3.07 bits per heavy atom. The van der Waals surface area contributed by atoms with Gasteiger partial charge in [-0.15, -0.1) is 0 Å². The van der Waals surface area contributed by atoms with Gasteiger partial charge in [-0.05, 0) is 19.8 Å². The summed E-state index contributed by atoms with van der Waals surface area (Å²) in [6.07, 6.45) is 2.44. The molecule has 0 spiro atoms.